The molecule has 0 radical (unpaired) electrons. The first-order chi connectivity index (χ1) is 15.1. The Bertz CT molecular complexity index is 979. The molecule has 2 aromatic rings. The van der Waals surface area contributed by atoms with Crippen LogP contribution in [0.4, 0.5) is 0 Å². The molecule has 2 N–H and O–H groups in total. The van der Waals surface area contributed by atoms with Crippen molar-refractivity contribution in [2.24, 2.45) is 11.0 Å². The van der Waals surface area contributed by atoms with Crippen LogP contribution in [0.2, 0.25) is 0 Å². The summed E-state index contributed by atoms with van der Waals surface area (Å²) >= 11 is 0. The molecule has 0 saturated carbocycles. The number of methoxy groups -OCH3 is 1. The van der Waals surface area contributed by atoms with Gasteiger partial charge in [-0.1, -0.05) is 36.4 Å². The third kappa shape index (κ3) is 3.86. The lowest BCUT2D eigenvalue weighted by Gasteiger charge is -2.31. The Hall–Kier alpha value is -2.70. The normalized spacial score (nSPS) is 27.3. The van der Waals surface area contributed by atoms with Gasteiger partial charge in [0.05, 0.1) is 25.9 Å². The maximum absolute atomic E-state index is 13.5. The Balaban J connectivity index is 1.46. The van der Waals surface area contributed by atoms with Gasteiger partial charge in [0.15, 0.2) is 6.54 Å². The highest BCUT2D eigenvalue weighted by Crippen LogP contribution is 2.43. The number of piperazine rings is 1. The minimum Gasteiger partial charge on any atom is -0.497 e. The Morgan fingerprint density at radius 3 is 2.58 bits per heavy atom. The van der Waals surface area contributed by atoms with Gasteiger partial charge in [-0.15, -0.1) is 0 Å². The molecule has 2 atom stereocenters. The first-order valence-corrected chi connectivity index (χ1v) is 11.4. The third-order valence-electron chi connectivity index (χ3n) is 7.15. The van der Waals surface area contributed by atoms with Crippen LogP contribution >= 0.6 is 0 Å². The highest BCUT2D eigenvalue weighted by atomic mass is 16.5. The second kappa shape index (κ2) is 8.44. The van der Waals surface area contributed by atoms with Gasteiger partial charge in [-0.25, -0.2) is 5.01 Å². The average Bonchev–Trinajstić information content (AvgIpc) is 3.21. The van der Waals surface area contributed by atoms with Crippen LogP contribution in [0, 0.1) is 5.92 Å². The molecular formula is C25H32N4O2+2. The topological polar surface area (TPSA) is 50.8 Å². The number of hydrazone groups is 1. The van der Waals surface area contributed by atoms with Crippen LogP contribution in [0.1, 0.15) is 29.2 Å². The minimum absolute atomic E-state index is 0.0424. The molecule has 31 heavy (non-hydrogen) atoms. The van der Waals surface area contributed by atoms with Crippen molar-refractivity contribution in [3.05, 3.63) is 65.2 Å². The zero-order chi connectivity index (χ0) is 21.4. The third-order valence-corrected chi connectivity index (χ3v) is 7.15. The van der Waals surface area contributed by atoms with Gasteiger partial charge in [0, 0.05) is 11.5 Å². The molecule has 2 aliphatic heterocycles. The highest BCUT2D eigenvalue weighted by molar-refractivity contribution is 6.06. The fraction of sp³-hybridized carbons (Fsp3) is 0.440. The van der Waals surface area contributed by atoms with Crippen molar-refractivity contribution in [2.45, 2.75) is 18.9 Å². The molecule has 2 aromatic carbocycles. The lowest BCUT2D eigenvalue weighted by atomic mass is 9.77. The van der Waals surface area contributed by atoms with E-state index >= 15 is 0 Å². The van der Waals surface area contributed by atoms with Crippen LogP contribution in [-0.4, -0.2) is 63.5 Å². The molecule has 2 heterocycles. The summed E-state index contributed by atoms with van der Waals surface area (Å²) in [6.45, 7) is 4.85. The number of amides is 1. The molecule has 1 fully saturated rings. The van der Waals surface area contributed by atoms with Gasteiger partial charge in [0.2, 0.25) is 0 Å². The van der Waals surface area contributed by atoms with Crippen LogP contribution in [-0.2, 0) is 11.2 Å². The molecule has 3 aliphatic rings. The van der Waals surface area contributed by atoms with E-state index in [0.717, 1.165) is 56.0 Å². The van der Waals surface area contributed by atoms with Gasteiger partial charge < -0.3 is 14.5 Å². The van der Waals surface area contributed by atoms with E-state index in [0.29, 0.717) is 6.54 Å². The van der Waals surface area contributed by atoms with E-state index < -0.39 is 0 Å². The van der Waals surface area contributed by atoms with E-state index in [1.807, 2.05) is 17.1 Å². The fourth-order valence-electron chi connectivity index (χ4n) is 5.31. The predicted molar refractivity (Wildman–Crippen MR) is 120 cm³/mol. The molecular weight excluding hydrogens is 388 g/mol. The number of benzene rings is 2. The van der Waals surface area contributed by atoms with Crippen molar-refractivity contribution in [2.75, 3.05) is 46.9 Å². The lowest BCUT2D eigenvalue weighted by molar-refractivity contribution is -1.000. The van der Waals surface area contributed by atoms with Crippen LogP contribution in [0.5, 0.6) is 5.75 Å². The van der Waals surface area contributed by atoms with Crippen LogP contribution in [0.25, 0.3) is 0 Å². The number of likely N-dealkylation sites (N-methyl/N-ethyl adjacent to an activating group) is 1. The van der Waals surface area contributed by atoms with Crippen molar-refractivity contribution in [1.29, 1.82) is 0 Å². The molecule has 0 unspecified atom stereocenters. The number of quaternary nitrogens is 2. The number of hydrogen-bond acceptors (Lipinski definition) is 3. The molecule has 6 nitrogen and oxygen atoms in total. The number of fused-ring (bicyclic) bond motifs is 3. The van der Waals surface area contributed by atoms with E-state index in [-0.39, 0.29) is 17.9 Å². The Labute approximate surface area is 184 Å². The summed E-state index contributed by atoms with van der Waals surface area (Å²) in [4.78, 5) is 16.5. The Morgan fingerprint density at radius 1 is 1.10 bits per heavy atom. The Kier molecular flexibility index (Phi) is 5.50. The Morgan fingerprint density at radius 2 is 1.84 bits per heavy atom. The summed E-state index contributed by atoms with van der Waals surface area (Å²) in [5.41, 5.74) is 4.76. The molecule has 0 spiro atoms. The summed E-state index contributed by atoms with van der Waals surface area (Å²) in [6, 6.07) is 16.6. The first kappa shape index (κ1) is 20.2. The molecule has 1 aliphatic carbocycles. The molecule has 0 aromatic heterocycles. The molecule has 6 heteroatoms. The van der Waals surface area contributed by atoms with E-state index in [4.69, 9.17) is 9.84 Å². The van der Waals surface area contributed by atoms with E-state index in [1.54, 1.807) is 12.0 Å². The van der Waals surface area contributed by atoms with E-state index in [2.05, 4.69) is 43.4 Å². The summed E-state index contributed by atoms with van der Waals surface area (Å²) in [5.74, 6) is 1.20. The standard InChI is InChI=1S/C25H30N4O2/c1-27-13-15-28(16-14-27)17-23(30)29-25(19-7-10-20(31-2)11-8-19)22-12-9-18-5-3-4-6-21(18)24(22)26-29/h3-8,10-11,22,25H,9,12-17H2,1-2H3/p+2/t22-,25-/m0/s1. The van der Waals surface area contributed by atoms with Gasteiger partial charge in [0.1, 0.15) is 31.9 Å². The second-order valence-electron chi connectivity index (χ2n) is 9.13. The summed E-state index contributed by atoms with van der Waals surface area (Å²) in [6.07, 6.45) is 2.04. The highest BCUT2D eigenvalue weighted by Gasteiger charge is 2.44. The van der Waals surface area contributed by atoms with Crippen LogP contribution in [0.3, 0.4) is 0 Å². The quantitative estimate of drug-likeness (QED) is 0.729. The molecule has 1 saturated heterocycles. The molecule has 0 bridgehead atoms. The fourth-order valence-corrected chi connectivity index (χ4v) is 5.31. The number of nitrogens with zero attached hydrogens (tertiary/aromatic N) is 2. The van der Waals surface area contributed by atoms with Crippen molar-refractivity contribution in [3.8, 4) is 5.75 Å². The number of ether oxygens (including phenoxy) is 1. The number of carbonyl (C=O) groups is 1. The SMILES string of the molecule is COc1ccc([C@H]2[C@H]3CCc4ccccc4C3=NN2C(=O)C[NH+]2CC[NH+](C)CC2)cc1. The van der Waals surface area contributed by atoms with E-state index in [1.165, 1.54) is 16.0 Å². The lowest BCUT2D eigenvalue weighted by Crippen LogP contribution is -3.27. The molecule has 1 amide bonds. The van der Waals surface area contributed by atoms with Gasteiger partial charge in [-0.2, -0.15) is 5.10 Å². The minimum atomic E-state index is -0.0424. The number of rotatable bonds is 4. The summed E-state index contributed by atoms with van der Waals surface area (Å²) in [7, 11) is 3.91. The van der Waals surface area contributed by atoms with Crippen LogP contribution in [0.15, 0.2) is 53.6 Å². The summed E-state index contributed by atoms with van der Waals surface area (Å²) < 4.78 is 5.35. The average molecular weight is 421 g/mol. The zero-order valence-corrected chi connectivity index (χ0v) is 18.4. The maximum atomic E-state index is 13.5. The number of aryl methyl sites for hydroxylation is 1. The van der Waals surface area contributed by atoms with Crippen molar-refractivity contribution >= 4 is 11.6 Å². The first-order valence-electron chi connectivity index (χ1n) is 11.4. The molecule has 162 valence electrons. The van der Waals surface area contributed by atoms with Crippen molar-refractivity contribution in [1.82, 2.24) is 5.01 Å². The van der Waals surface area contributed by atoms with Gasteiger partial charge >= 0.3 is 0 Å². The number of nitrogens with one attached hydrogen (secondary N) is 2. The largest absolute Gasteiger partial charge is 0.497 e. The van der Waals surface area contributed by atoms with E-state index in [9.17, 15) is 4.79 Å². The maximum Gasteiger partial charge on any atom is 0.298 e. The van der Waals surface area contributed by atoms with Crippen LogP contribution < -0.4 is 14.5 Å². The zero-order valence-electron chi connectivity index (χ0n) is 18.4. The smallest absolute Gasteiger partial charge is 0.298 e. The summed E-state index contributed by atoms with van der Waals surface area (Å²) in [5, 5.41) is 6.79. The van der Waals surface area contributed by atoms with Crippen molar-refractivity contribution < 1.29 is 19.3 Å². The number of carbonyl (C=O) groups excluding carboxylic acids is 1. The second-order valence-corrected chi connectivity index (χ2v) is 9.13. The van der Waals surface area contributed by atoms with Gasteiger partial charge in [-0.05, 0) is 36.1 Å². The van der Waals surface area contributed by atoms with Gasteiger partial charge in [0.25, 0.3) is 5.91 Å². The monoisotopic (exact) mass is 420 g/mol. The number of hydrogen-bond donors (Lipinski definition) is 2. The van der Waals surface area contributed by atoms with Gasteiger partial charge in [-0.3, -0.25) is 4.79 Å². The predicted octanol–water partition coefficient (Wildman–Crippen LogP) is -0.0416. The van der Waals surface area contributed by atoms with Crippen molar-refractivity contribution in [3.63, 3.8) is 0 Å². The molecule has 5 rings (SSSR count).